The van der Waals surface area contributed by atoms with Crippen molar-refractivity contribution in [1.29, 1.82) is 0 Å². The van der Waals surface area contributed by atoms with Gasteiger partial charge in [-0.2, -0.15) is 0 Å². The van der Waals surface area contributed by atoms with Crippen molar-refractivity contribution in [2.75, 3.05) is 0 Å². The summed E-state index contributed by atoms with van der Waals surface area (Å²) in [7, 11) is 0. The maximum atomic E-state index is 0. The Morgan fingerprint density at radius 3 is 0.235 bits per heavy atom. The average molecular weight is 728 g/mol. The van der Waals surface area contributed by atoms with Crippen LogP contribution in [0.15, 0.2) is 0 Å². The molecule has 0 bridgehead atoms. The number of hydrogen-bond donors (Lipinski definition) is 0. The zero-order valence-electron chi connectivity index (χ0n) is 7.88. The minimum Gasteiger partial charge on any atom is -2.00 e. The third-order valence-corrected chi connectivity index (χ3v) is 0. The summed E-state index contributed by atoms with van der Waals surface area (Å²) in [5.41, 5.74) is 0. The molecule has 0 atom stereocenters. The normalized spacial score (nSPS) is 0. The summed E-state index contributed by atoms with van der Waals surface area (Å²) in [5.74, 6) is 0. The fourth-order valence-electron chi connectivity index (χ4n) is 0. The second-order valence-electron chi connectivity index (χ2n) is 0. The van der Waals surface area contributed by atoms with Crippen molar-refractivity contribution in [3.8, 4) is 0 Å². The molecule has 0 aliphatic heterocycles. The molecule has 0 aliphatic carbocycles. The van der Waals surface area contributed by atoms with Gasteiger partial charge in [0, 0.05) is 0 Å². The van der Waals surface area contributed by atoms with Crippen LogP contribution in [-0.4, -0.2) is 51.7 Å². The first kappa shape index (κ1) is 540. The molecule has 0 spiro atoms. The van der Waals surface area contributed by atoms with Gasteiger partial charge in [-0.1, -0.05) is 0 Å². The Hall–Kier alpha value is 3.92. The van der Waals surface area contributed by atoms with Gasteiger partial charge >= 0.3 is 133 Å². The van der Waals surface area contributed by atoms with E-state index in [0.717, 1.165) is 0 Å². The molecular weight excluding hydrogens is 728 g/mol. The van der Waals surface area contributed by atoms with Crippen LogP contribution in [0.1, 0.15) is 0 Å². The molecule has 0 radical (unpaired) electrons. The van der Waals surface area contributed by atoms with Crippen LogP contribution >= 0.6 is 0 Å². The maximum absolute atomic E-state index is 0. The Balaban J connectivity index is 0. The van der Waals surface area contributed by atoms with Crippen molar-refractivity contribution >= 4 is 51.7 Å². The summed E-state index contributed by atoms with van der Waals surface area (Å²) in [4.78, 5) is 0. The molecule has 0 N–H and O–H groups in total. The molecule has 0 amide bonds. The molecule has 17 heavy (non-hydrogen) atoms. The van der Waals surface area contributed by atoms with Crippen molar-refractivity contribution in [1.82, 2.24) is 0 Å². The van der Waals surface area contributed by atoms with Gasteiger partial charge in [-0.25, -0.2) is 0 Å². The molecule has 0 heterocycles. The van der Waals surface area contributed by atoms with Gasteiger partial charge in [0.1, 0.15) is 0 Å². The van der Waals surface area contributed by atoms with Crippen molar-refractivity contribution in [3.05, 3.63) is 0 Å². The average Bonchev–Trinajstić information content (AvgIpc) is 0. The summed E-state index contributed by atoms with van der Waals surface area (Å²) in [6, 6.07) is 0. The second-order valence-corrected chi connectivity index (χ2v) is 0. The van der Waals surface area contributed by atoms with E-state index in [1.165, 1.54) is 0 Å². The molecular formula is In2Mo2O11Zn2. The van der Waals surface area contributed by atoms with Crippen LogP contribution in [0.5, 0.6) is 0 Å². The predicted octanol–water partition coefficient (Wildman–Crippen LogP) is -2.08. The standard InChI is InChI=1S/2In.2Mo.11O.2Zn/q2*+3;2*+6;11*-2;2*+2. The minimum atomic E-state index is 0. The van der Waals surface area contributed by atoms with Gasteiger partial charge in [-0.15, -0.1) is 0 Å². The first-order valence-electron chi connectivity index (χ1n) is 0. The Labute approximate surface area is 190 Å². The Morgan fingerprint density at radius 1 is 0.235 bits per heavy atom. The summed E-state index contributed by atoms with van der Waals surface area (Å²) in [6.07, 6.45) is 0. The van der Waals surface area contributed by atoms with E-state index in [-0.39, 0.29) is 193 Å². The first-order chi connectivity index (χ1) is 0. The molecule has 0 saturated heterocycles. The van der Waals surface area contributed by atoms with Crippen molar-refractivity contribution < 1.29 is 141 Å². The van der Waals surface area contributed by atoms with E-state index in [4.69, 9.17) is 0 Å². The van der Waals surface area contributed by atoms with Crippen molar-refractivity contribution in [2.24, 2.45) is 0 Å². The maximum Gasteiger partial charge on any atom is 6.00 e. The Bertz CT molecular complexity index is 25.4. The van der Waals surface area contributed by atoms with E-state index in [9.17, 15) is 0 Å². The van der Waals surface area contributed by atoms with Crippen LogP contribution in [0.2, 0.25) is 0 Å². The first-order valence-corrected chi connectivity index (χ1v) is 0. The molecule has 0 aromatic carbocycles. The van der Waals surface area contributed by atoms with Gasteiger partial charge < -0.3 is 60.2 Å². The van der Waals surface area contributed by atoms with Crippen molar-refractivity contribution in [2.45, 2.75) is 0 Å². The van der Waals surface area contributed by atoms with E-state index in [0.29, 0.717) is 0 Å². The van der Waals surface area contributed by atoms with Crippen LogP contribution in [0, 0.1) is 0 Å². The van der Waals surface area contributed by atoms with Crippen LogP contribution in [0.3, 0.4) is 0 Å². The third-order valence-electron chi connectivity index (χ3n) is 0. The summed E-state index contributed by atoms with van der Waals surface area (Å²) in [5, 5.41) is 0. The zero-order valence-corrected chi connectivity index (χ0v) is 24.4. The SMILES string of the molecule is [In+3].[In+3].[Mo+6].[Mo+6].[O-2].[O-2].[O-2].[O-2].[O-2].[O-2].[O-2].[O-2].[O-2].[O-2].[O-2].[Zn+2].[Zn+2]. The molecule has 0 aromatic heterocycles. The molecule has 0 fully saturated rings. The molecule has 0 unspecified atom stereocenters. The predicted molar refractivity (Wildman–Crippen MR) is 19.1 cm³/mol. The summed E-state index contributed by atoms with van der Waals surface area (Å²) < 4.78 is 0. The van der Waals surface area contributed by atoms with Gasteiger partial charge in [0.2, 0.25) is 0 Å². The smallest absolute Gasteiger partial charge is 2.00 e. The number of hydrogen-bond acceptors (Lipinski definition) is 0. The molecule has 0 aliphatic rings. The van der Waals surface area contributed by atoms with Crippen LogP contribution in [0.25, 0.3) is 0 Å². The fraction of sp³-hybridized carbons (Fsp3) is 0. The van der Waals surface area contributed by atoms with Gasteiger partial charge in [0.05, 0.1) is 0 Å². The van der Waals surface area contributed by atoms with E-state index >= 15 is 0 Å². The van der Waals surface area contributed by atoms with Gasteiger partial charge in [0.25, 0.3) is 0 Å². The zero-order chi connectivity index (χ0) is 0. The van der Waals surface area contributed by atoms with Crippen LogP contribution < -0.4 is 0 Å². The van der Waals surface area contributed by atoms with Crippen LogP contribution in [-0.2, 0) is 141 Å². The van der Waals surface area contributed by atoms with E-state index < -0.39 is 0 Å². The molecule has 11 nitrogen and oxygen atoms in total. The summed E-state index contributed by atoms with van der Waals surface area (Å²) in [6.45, 7) is 0. The molecule has 17 heteroatoms. The van der Waals surface area contributed by atoms with Gasteiger partial charge in [-0.3, -0.25) is 0 Å². The third kappa shape index (κ3) is 416. The Kier molecular flexibility index (Phi) is 14700. The minimum absolute atomic E-state index is 0. The molecule has 88 valence electrons. The molecule has 0 aromatic rings. The second kappa shape index (κ2) is 463. The van der Waals surface area contributed by atoms with Crippen LogP contribution in [0.4, 0.5) is 0 Å². The molecule has 0 saturated carbocycles. The van der Waals surface area contributed by atoms with Crippen molar-refractivity contribution in [3.63, 3.8) is 0 Å². The van der Waals surface area contributed by atoms with Gasteiger partial charge in [-0.05, 0) is 0 Å². The van der Waals surface area contributed by atoms with E-state index in [1.54, 1.807) is 0 Å². The van der Waals surface area contributed by atoms with E-state index in [2.05, 4.69) is 0 Å². The quantitative estimate of drug-likeness (QED) is 0.243. The Morgan fingerprint density at radius 2 is 0.235 bits per heavy atom. The molecule has 0 rings (SSSR count). The van der Waals surface area contributed by atoms with Gasteiger partial charge in [0.15, 0.2) is 0 Å². The summed E-state index contributed by atoms with van der Waals surface area (Å²) >= 11 is 0. The van der Waals surface area contributed by atoms with E-state index in [1.807, 2.05) is 0 Å². The topological polar surface area (TPSA) is 314 Å². The number of rotatable bonds is 0. The largest absolute Gasteiger partial charge is 6.00 e. The fourth-order valence-corrected chi connectivity index (χ4v) is 0. The monoisotopic (exact) mass is 729 g/mol.